The average Bonchev–Trinajstić information content (AvgIpc) is 2.81. The Morgan fingerprint density at radius 1 is 0.882 bits per heavy atom. The Kier molecular flexibility index (Phi) is 5.03. The van der Waals surface area contributed by atoms with Gasteiger partial charge in [0.05, 0.1) is 6.10 Å². The summed E-state index contributed by atoms with van der Waals surface area (Å²) in [5.41, 5.74) is 0. The van der Waals surface area contributed by atoms with E-state index in [1.807, 2.05) is 0 Å². The summed E-state index contributed by atoms with van der Waals surface area (Å²) < 4.78 is 17.7. The molecular formula is C13H26O3Si. The molecule has 2 saturated carbocycles. The van der Waals surface area contributed by atoms with E-state index in [0.29, 0.717) is 6.10 Å². The van der Waals surface area contributed by atoms with Crippen LogP contribution in [0.3, 0.4) is 0 Å². The monoisotopic (exact) mass is 258 g/mol. The van der Waals surface area contributed by atoms with E-state index >= 15 is 0 Å². The van der Waals surface area contributed by atoms with Gasteiger partial charge in [-0.05, 0) is 25.7 Å². The maximum atomic E-state index is 6.50. The topological polar surface area (TPSA) is 27.7 Å². The first-order chi connectivity index (χ1) is 8.30. The Bertz CT molecular complexity index is 219. The third kappa shape index (κ3) is 3.11. The molecule has 2 fully saturated rings. The molecule has 0 amide bonds. The summed E-state index contributed by atoms with van der Waals surface area (Å²) >= 11 is 0. The molecule has 3 nitrogen and oxygen atoms in total. The maximum absolute atomic E-state index is 6.50. The lowest BCUT2D eigenvalue weighted by Crippen LogP contribution is -2.51. The maximum Gasteiger partial charge on any atom is 0.354 e. The second-order valence-electron chi connectivity index (χ2n) is 5.45. The van der Waals surface area contributed by atoms with Gasteiger partial charge in [0.1, 0.15) is 5.22 Å². The van der Waals surface area contributed by atoms with Crippen molar-refractivity contribution in [2.24, 2.45) is 0 Å². The highest BCUT2D eigenvalue weighted by Gasteiger charge is 2.47. The highest BCUT2D eigenvalue weighted by atomic mass is 28.3. The Morgan fingerprint density at radius 2 is 1.47 bits per heavy atom. The minimum atomic E-state index is -1.67. The molecule has 0 unspecified atom stereocenters. The zero-order valence-corrected chi connectivity index (χ0v) is 12.4. The van der Waals surface area contributed by atoms with E-state index in [2.05, 4.69) is 0 Å². The van der Waals surface area contributed by atoms with E-state index in [4.69, 9.17) is 13.6 Å². The molecule has 0 radical (unpaired) electrons. The molecule has 17 heavy (non-hydrogen) atoms. The summed E-state index contributed by atoms with van der Waals surface area (Å²) in [6.07, 6.45) is 11.8. The van der Waals surface area contributed by atoms with Crippen molar-refractivity contribution in [3.63, 3.8) is 0 Å². The van der Waals surface area contributed by atoms with E-state index in [-0.39, 0.29) is 5.22 Å². The summed E-state index contributed by atoms with van der Waals surface area (Å²) in [7, 11) is 1.89. The summed E-state index contributed by atoms with van der Waals surface area (Å²) in [5.74, 6) is 0. The van der Waals surface area contributed by atoms with Gasteiger partial charge in [0.15, 0.2) is 0 Å². The Labute approximate surface area is 107 Å². The van der Waals surface area contributed by atoms with Crippen LogP contribution in [0.25, 0.3) is 0 Å². The molecule has 0 atom stereocenters. The van der Waals surface area contributed by atoms with Crippen molar-refractivity contribution in [2.45, 2.75) is 69.1 Å². The van der Waals surface area contributed by atoms with Crippen LogP contribution >= 0.6 is 0 Å². The highest BCUT2D eigenvalue weighted by Crippen LogP contribution is 2.39. The van der Waals surface area contributed by atoms with Crippen LogP contribution in [0.1, 0.15) is 57.8 Å². The van der Waals surface area contributed by atoms with E-state index in [1.54, 1.807) is 14.2 Å². The summed E-state index contributed by atoms with van der Waals surface area (Å²) in [6, 6.07) is 0. The van der Waals surface area contributed by atoms with Crippen molar-refractivity contribution >= 4 is 9.28 Å². The Morgan fingerprint density at radius 3 is 2.00 bits per heavy atom. The molecule has 0 heterocycles. The van der Waals surface area contributed by atoms with Crippen LogP contribution in [0, 0.1) is 0 Å². The molecule has 100 valence electrons. The molecule has 0 aromatic rings. The summed E-state index contributed by atoms with van der Waals surface area (Å²) in [4.78, 5) is 0. The summed E-state index contributed by atoms with van der Waals surface area (Å²) in [5, 5.41) is -0.0362. The molecule has 0 spiro atoms. The molecule has 0 bridgehead atoms. The van der Waals surface area contributed by atoms with E-state index < -0.39 is 9.28 Å². The van der Waals surface area contributed by atoms with Gasteiger partial charge in [-0.2, -0.15) is 0 Å². The van der Waals surface area contributed by atoms with Gasteiger partial charge in [0.25, 0.3) is 0 Å². The third-order valence-corrected chi connectivity index (χ3v) is 6.69. The molecule has 0 saturated heterocycles. The predicted molar refractivity (Wildman–Crippen MR) is 70.3 cm³/mol. The van der Waals surface area contributed by atoms with Gasteiger partial charge in [-0.3, -0.25) is 0 Å². The SMILES string of the molecule is CO[SiH](OC)C1(OC2CCCCC2)CCCC1. The second-order valence-corrected chi connectivity index (χ2v) is 8.11. The van der Waals surface area contributed by atoms with Crippen LogP contribution in [0.4, 0.5) is 0 Å². The molecular weight excluding hydrogens is 232 g/mol. The average molecular weight is 258 g/mol. The molecule has 2 aliphatic carbocycles. The fourth-order valence-electron chi connectivity index (χ4n) is 3.42. The van der Waals surface area contributed by atoms with Crippen LogP contribution in [0.2, 0.25) is 0 Å². The van der Waals surface area contributed by atoms with Crippen LogP contribution in [-0.2, 0) is 13.6 Å². The smallest absolute Gasteiger partial charge is 0.354 e. The van der Waals surface area contributed by atoms with Crippen molar-refractivity contribution in [3.8, 4) is 0 Å². The van der Waals surface area contributed by atoms with E-state index in [1.165, 1.54) is 44.9 Å². The molecule has 2 aliphatic rings. The van der Waals surface area contributed by atoms with E-state index in [9.17, 15) is 0 Å². The highest BCUT2D eigenvalue weighted by molar-refractivity contribution is 6.48. The van der Waals surface area contributed by atoms with Gasteiger partial charge in [-0.15, -0.1) is 0 Å². The standard InChI is InChI=1S/C13H26O3Si/c1-14-17(15-2)13(10-6-7-11-13)16-12-8-4-3-5-9-12/h12,17H,3-11H2,1-2H3. The van der Waals surface area contributed by atoms with Crippen LogP contribution in [-0.4, -0.2) is 34.8 Å². The largest absolute Gasteiger partial charge is 0.398 e. The van der Waals surface area contributed by atoms with Gasteiger partial charge in [0.2, 0.25) is 0 Å². The number of rotatable bonds is 5. The lowest BCUT2D eigenvalue weighted by atomic mass is 9.97. The van der Waals surface area contributed by atoms with Crippen LogP contribution < -0.4 is 0 Å². The molecule has 0 N–H and O–H groups in total. The number of ether oxygens (including phenoxy) is 1. The van der Waals surface area contributed by atoms with Gasteiger partial charge in [-0.1, -0.05) is 32.1 Å². The molecule has 0 aromatic heterocycles. The molecule has 0 aliphatic heterocycles. The quantitative estimate of drug-likeness (QED) is 0.710. The Balaban J connectivity index is 1.99. The summed E-state index contributed by atoms with van der Waals surface area (Å²) in [6.45, 7) is 0. The fraction of sp³-hybridized carbons (Fsp3) is 1.00. The first-order valence-electron chi connectivity index (χ1n) is 7.04. The predicted octanol–water partition coefficient (Wildman–Crippen LogP) is 2.70. The second kappa shape index (κ2) is 6.32. The molecule has 4 heteroatoms. The van der Waals surface area contributed by atoms with Crippen LogP contribution in [0.5, 0.6) is 0 Å². The zero-order valence-electron chi connectivity index (χ0n) is 11.2. The number of hydrogen-bond acceptors (Lipinski definition) is 3. The lowest BCUT2D eigenvalue weighted by molar-refractivity contribution is -0.0744. The van der Waals surface area contributed by atoms with Crippen molar-refractivity contribution < 1.29 is 13.6 Å². The van der Waals surface area contributed by atoms with Crippen molar-refractivity contribution in [2.75, 3.05) is 14.2 Å². The first kappa shape index (κ1) is 13.5. The molecule has 0 aromatic carbocycles. The van der Waals surface area contributed by atoms with Gasteiger partial charge in [-0.25, -0.2) is 0 Å². The van der Waals surface area contributed by atoms with Gasteiger partial charge < -0.3 is 13.6 Å². The minimum Gasteiger partial charge on any atom is -0.398 e. The first-order valence-corrected chi connectivity index (χ1v) is 8.56. The molecule has 2 rings (SSSR count). The van der Waals surface area contributed by atoms with Gasteiger partial charge >= 0.3 is 9.28 Å². The number of hydrogen-bond donors (Lipinski definition) is 0. The zero-order chi connectivity index (χ0) is 12.1. The van der Waals surface area contributed by atoms with Crippen molar-refractivity contribution in [3.05, 3.63) is 0 Å². The normalized spacial score (nSPS) is 25.6. The van der Waals surface area contributed by atoms with E-state index in [0.717, 1.165) is 12.8 Å². The Hall–Kier alpha value is 0.0969. The van der Waals surface area contributed by atoms with Crippen molar-refractivity contribution in [1.82, 2.24) is 0 Å². The third-order valence-electron chi connectivity index (χ3n) is 4.26. The minimum absolute atomic E-state index is 0.0362. The fourth-order valence-corrected chi connectivity index (χ4v) is 5.66. The van der Waals surface area contributed by atoms with Crippen LogP contribution in [0.15, 0.2) is 0 Å². The lowest BCUT2D eigenvalue weighted by Gasteiger charge is -2.38. The van der Waals surface area contributed by atoms with Crippen molar-refractivity contribution in [1.29, 1.82) is 0 Å². The van der Waals surface area contributed by atoms with Gasteiger partial charge in [0, 0.05) is 14.2 Å².